The predicted molar refractivity (Wildman–Crippen MR) is 272 cm³/mol. The molecule has 0 aliphatic heterocycles. The fraction of sp³-hybridized carbons (Fsp3) is 0.0333. The molecule has 0 radical (unpaired) electrons. The number of benzene rings is 10. The van der Waals surface area contributed by atoms with E-state index in [1.165, 1.54) is 32.7 Å². The largest absolute Gasteiger partial charge is 0.310 e. The van der Waals surface area contributed by atoms with Crippen molar-refractivity contribution in [2.45, 2.75) is 13.8 Å². The summed E-state index contributed by atoms with van der Waals surface area (Å²) < 4.78 is 2.45. The van der Waals surface area contributed by atoms with Crippen LogP contribution in [-0.4, -0.2) is 4.57 Å². The summed E-state index contributed by atoms with van der Waals surface area (Å²) in [6, 6.07) is 87.7. The zero-order valence-electron chi connectivity index (χ0n) is 35.9. The van der Waals surface area contributed by atoms with Gasteiger partial charge in [-0.15, -0.1) is 0 Å². The topological polar surface area (TPSA) is 14.7 Å². The first-order valence-electron chi connectivity index (χ1n) is 21.9. The van der Waals surface area contributed by atoms with Crippen LogP contribution >= 0.6 is 0 Å². The Morgan fingerprint density at radius 2 is 0.672 bits per heavy atom. The summed E-state index contributed by atoms with van der Waals surface area (Å²) >= 11 is 0. The molecule has 4 heteroatoms. The van der Waals surface area contributed by atoms with E-state index in [1.54, 1.807) is 0 Å². The normalized spacial score (nSPS) is 11.3. The highest BCUT2D eigenvalue weighted by atomic mass is 15.2. The van der Waals surface area contributed by atoms with Gasteiger partial charge in [-0.25, -0.2) is 0 Å². The summed E-state index contributed by atoms with van der Waals surface area (Å²) in [5.41, 5.74) is 15.7. The molecule has 0 aliphatic carbocycles. The highest BCUT2D eigenvalue weighted by Crippen LogP contribution is 2.44. The number of fused-ring (bicyclic) bond motifs is 4. The minimum atomic E-state index is 1.08. The molecule has 4 nitrogen and oxygen atoms in total. The molecule has 0 saturated carbocycles. The van der Waals surface area contributed by atoms with Gasteiger partial charge >= 0.3 is 0 Å². The number of aryl methyl sites for hydroxylation is 2. The Morgan fingerprint density at radius 1 is 0.281 bits per heavy atom. The molecule has 0 aliphatic rings. The molecular weight excluding hydrogens is 777 g/mol. The van der Waals surface area contributed by atoms with Gasteiger partial charge in [-0.05, 0) is 146 Å². The van der Waals surface area contributed by atoms with Gasteiger partial charge in [-0.2, -0.15) is 0 Å². The van der Waals surface area contributed by atoms with E-state index in [-0.39, 0.29) is 0 Å². The summed E-state index contributed by atoms with van der Waals surface area (Å²) in [5.74, 6) is 0. The Labute approximate surface area is 374 Å². The second-order valence-corrected chi connectivity index (χ2v) is 16.4. The van der Waals surface area contributed by atoms with Crippen molar-refractivity contribution >= 4 is 83.8 Å². The quantitative estimate of drug-likeness (QED) is 0.137. The third-order valence-electron chi connectivity index (χ3n) is 12.2. The van der Waals surface area contributed by atoms with Gasteiger partial charge < -0.3 is 19.3 Å². The fourth-order valence-electron chi connectivity index (χ4n) is 9.29. The van der Waals surface area contributed by atoms with Crippen LogP contribution in [0.2, 0.25) is 0 Å². The van der Waals surface area contributed by atoms with Crippen molar-refractivity contribution in [3.05, 3.63) is 254 Å². The van der Waals surface area contributed by atoms with E-state index in [1.807, 2.05) is 0 Å². The first-order chi connectivity index (χ1) is 31.6. The van der Waals surface area contributed by atoms with Gasteiger partial charge in [0.2, 0.25) is 0 Å². The van der Waals surface area contributed by atoms with Gasteiger partial charge in [0.25, 0.3) is 0 Å². The molecule has 0 amide bonds. The average molecular weight is 823 g/mol. The molecule has 64 heavy (non-hydrogen) atoms. The number of aromatic nitrogens is 1. The third kappa shape index (κ3) is 7.11. The summed E-state index contributed by atoms with van der Waals surface area (Å²) in [7, 11) is 0. The standard InChI is InChI=1S/C60H46N4/c1-43-17-14-27-51(39-43)61(46-21-6-3-7-22-46)53-35-37-56-57-38-36-54(62(47-23-8-4-9-24-47)52-28-15-18-44(2)40-52)42-60(57)64(59(56)41-53)50-33-31-49(32-34-50)63(48-25-10-5-11-26-48)58-30-16-20-45-19-12-13-29-55(45)58/h3-42H,1-2H3. The maximum atomic E-state index is 2.45. The molecule has 0 saturated heterocycles. The second kappa shape index (κ2) is 16.5. The van der Waals surface area contributed by atoms with Crippen molar-refractivity contribution in [3.8, 4) is 5.69 Å². The number of anilines is 9. The minimum Gasteiger partial charge on any atom is -0.310 e. The Hall–Kier alpha value is -8.34. The van der Waals surface area contributed by atoms with E-state index in [4.69, 9.17) is 0 Å². The van der Waals surface area contributed by atoms with Crippen LogP contribution in [0.1, 0.15) is 11.1 Å². The Balaban J connectivity index is 1.14. The van der Waals surface area contributed by atoms with Gasteiger partial charge in [0.05, 0.1) is 16.7 Å². The molecule has 306 valence electrons. The van der Waals surface area contributed by atoms with Crippen LogP contribution in [0.15, 0.2) is 243 Å². The van der Waals surface area contributed by atoms with E-state index in [0.29, 0.717) is 0 Å². The lowest BCUT2D eigenvalue weighted by Crippen LogP contribution is -2.11. The Morgan fingerprint density at radius 3 is 1.19 bits per heavy atom. The summed E-state index contributed by atoms with van der Waals surface area (Å²) in [4.78, 5) is 7.09. The number of para-hydroxylation sites is 3. The van der Waals surface area contributed by atoms with E-state index < -0.39 is 0 Å². The molecule has 0 atom stereocenters. The molecule has 0 unspecified atom stereocenters. The van der Waals surface area contributed by atoms with Crippen molar-refractivity contribution in [2.24, 2.45) is 0 Å². The van der Waals surface area contributed by atoms with Crippen LogP contribution in [0.4, 0.5) is 51.2 Å². The molecule has 0 spiro atoms. The molecular formula is C60H46N4. The molecule has 1 aromatic heterocycles. The lowest BCUT2D eigenvalue weighted by atomic mass is 10.1. The molecule has 10 aromatic carbocycles. The lowest BCUT2D eigenvalue weighted by Gasteiger charge is -2.27. The number of hydrogen-bond donors (Lipinski definition) is 0. The van der Waals surface area contributed by atoms with Crippen molar-refractivity contribution in [3.63, 3.8) is 0 Å². The second-order valence-electron chi connectivity index (χ2n) is 16.4. The Bertz CT molecular complexity index is 3260. The van der Waals surface area contributed by atoms with Gasteiger partial charge in [0.15, 0.2) is 0 Å². The van der Waals surface area contributed by atoms with E-state index >= 15 is 0 Å². The first kappa shape index (κ1) is 38.6. The monoisotopic (exact) mass is 822 g/mol. The third-order valence-corrected chi connectivity index (χ3v) is 12.2. The van der Waals surface area contributed by atoms with Crippen LogP contribution in [0.5, 0.6) is 0 Å². The fourth-order valence-corrected chi connectivity index (χ4v) is 9.29. The summed E-state index contributed by atoms with van der Waals surface area (Å²) in [5, 5.41) is 4.79. The van der Waals surface area contributed by atoms with Crippen molar-refractivity contribution in [2.75, 3.05) is 14.7 Å². The average Bonchev–Trinajstić information content (AvgIpc) is 3.66. The van der Waals surface area contributed by atoms with E-state index in [0.717, 1.165) is 67.9 Å². The number of hydrogen-bond acceptors (Lipinski definition) is 3. The smallest absolute Gasteiger partial charge is 0.0561 e. The Kier molecular flexibility index (Phi) is 9.95. The maximum absolute atomic E-state index is 2.45. The zero-order chi connectivity index (χ0) is 43.0. The molecule has 11 rings (SSSR count). The molecule has 0 fully saturated rings. The highest BCUT2D eigenvalue weighted by molar-refractivity contribution is 6.11. The van der Waals surface area contributed by atoms with E-state index in [2.05, 4.69) is 276 Å². The molecule has 0 bridgehead atoms. The van der Waals surface area contributed by atoms with Crippen LogP contribution in [0.25, 0.3) is 38.3 Å². The van der Waals surface area contributed by atoms with Crippen LogP contribution in [0.3, 0.4) is 0 Å². The highest BCUT2D eigenvalue weighted by Gasteiger charge is 2.21. The SMILES string of the molecule is Cc1cccc(N(c2ccccc2)c2ccc3c4ccc(N(c5ccccc5)c5cccc(C)c5)cc4n(-c4ccc(N(c5ccccc5)c5cccc6ccccc56)cc4)c3c2)c1. The van der Waals surface area contributed by atoms with Crippen molar-refractivity contribution < 1.29 is 0 Å². The van der Waals surface area contributed by atoms with Gasteiger partial charge in [-0.3, -0.25) is 0 Å². The lowest BCUT2D eigenvalue weighted by molar-refractivity contribution is 1.17. The van der Waals surface area contributed by atoms with Crippen LogP contribution < -0.4 is 14.7 Å². The van der Waals surface area contributed by atoms with Gasteiger partial charge in [-0.1, -0.05) is 127 Å². The zero-order valence-corrected chi connectivity index (χ0v) is 35.9. The summed E-state index contributed by atoms with van der Waals surface area (Å²) in [6.45, 7) is 4.31. The number of rotatable bonds is 10. The maximum Gasteiger partial charge on any atom is 0.0561 e. The molecule has 0 N–H and O–H groups in total. The van der Waals surface area contributed by atoms with Crippen molar-refractivity contribution in [1.29, 1.82) is 0 Å². The molecule has 11 aromatic rings. The molecule has 1 heterocycles. The van der Waals surface area contributed by atoms with Gasteiger partial charge in [0, 0.05) is 67.3 Å². The predicted octanol–water partition coefficient (Wildman–Crippen LogP) is 17.0. The minimum absolute atomic E-state index is 1.08. The van der Waals surface area contributed by atoms with E-state index in [9.17, 15) is 0 Å². The van der Waals surface area contributed by atoms with Crippen molar-refractivity contribution in [1.82, 2.24) is 4.57 Å². The van der Waals surface area contributed by atoms with Crippen LogP contribution in [0, 0.1) is 13.8 Å². The first-order valence-corrected chi connectivity index (χ1v) is 21.9. The summed E-state index contributed by atoms with van der Waals surface area (Å²) in [6.07, 6.45) is 0. The number of nitrogens with zero attached hydrogens (tertiary/aromatic N) is 4. The van der Waals surface area contributed by atoms with Crippen LogP contribution in [-0.2, 0) is 0 Å². The van der Waals surface area contributed by atoms with Gasteiger partial charge in [0.1, 0.15) is 0 Å².